The molecule has 3 N–H and O–H groups in total. The lowest BCUT2D eigenvalue weighted by Gasteiger charge is -2.42. The summed E-state index contributed by atoms with van der Waals surface area (Å²) in [6.07, 6.45) is 4.75. The van der Waals surface area contributed by atoms with Gasteiger partial charge in [0.1, 0.15) is 0 Å². The van der Waals surface area contributed by atoms with E-state index in [9.17, 15) is 8.42 Å². The second-order valence-corrected chi connectivity index (χ2v) is 8.89. The summed E-state index contributed by atoms with van der Waals surface area (Å²) in [5.74, 6) is 0.753. The summed E-state index contributed by atoms with van der Waals surface area (Å²) in [4.78, 5) is 4.88. The number of methoxy groups -OCH3 is 1. The summed E-state index contributed by atoms with van der Waals surface area (Å²) in [6, 6.07) is 6.86. The monoisotopic (exact) mass is 524 g/mol. The van der Waals surface area contributed by atoms with E-state index in [1.807, 2.05) is 13.0 Å². The van der Waals surface area contributed by atoms with Gasteiger partial charge in [-0.15, -0.1) is 24.0 Å². The van der Waals surface area contributed by atoms with Crippen molar-refractivity contribution in [3.05, 3.63) is 29.8 Å². The van der Waals surface area contributed by atoms with Crippen LogP contribution < -0.4 is 15.4 Å². The SMILES string of the molecule is CCNC(=NCc1cccc(S(=O)(=O)NC)c1)NCC1(CCOC)CCC1.I. The van der Waals surface area contributed by atoms with Crippen LogP contribution in [0.3, 0.4) is 0 Å². The number of hydrogen-bond acceptors (Lipinski definition) is 4. The Bertz CT molecular complexity index is 736. The van der Waals surface area contributed by atoms with E-state index in [2.05, 4.69) is 20.3 Å². The summed E-state index contributed by atoms with van der Waals surface area (Å²) in [5, 5.41) is 6.71. The second kappa shape index (κ2) is 11.9. The molecule has 1 fully saturated rings. The number of halogens is 1. The van der Waals surface area contributed by atoms with Gasteiger partial charge in [-0.2, -0.15) is 0 Å². The molecule has 7 nitrogen and oxygen atoms in total. The van der Waals surface area contributed by atoms with Crippen molar-refractivity contribution < 1.29 is 13.2 Å². The predicted molar refractivity (Wildman–Crippen MR) is 124 cm³/mol. The van der Waals surface area contributed by atoms with Gasteiger partial charge >= 0.3 is 0 Å². The highest BCUT2D eigenvalue weighted by atomic mass is 127. The molecule has 0 aliphatic heterocycles. The van der Waals surface area contributed by atoms with Crippen LogP contribution in [0.5, 0.6) is 0 Å². The summed E-state index contributed by atoms with van der Waals surface area (Å²) in [7, 11) is -0.292. The normalized spacial score (nSPS) is 16.0. The molecule has 0 amide bonds. The zero-order valence-corrected chi connectivity index (χ0v) is 20.1. The predicted octanol–water partition coefficient (Wildman–Crippen LogP) is 2.47. The van der Waals surface area contributed by atoms with Crippen molar-refractivity contribution in [2.45, 2.75) is 44.0 Å². The highest BCUT2D eigenvalue weighted by Crippen LogP contribution is 2.43. The molecule has 1 saturated carbocycles. The third-order valence-electron chi connectivity index (χ3n) is 5.12. The number of ether oxygens (including phenoxy) is 1. The number of nitrogens with one attached hydrogen (secondary N) is 3. The first-order chi connectivity index (χ1) is 12.9. The van der Waals surface area contributed by atoms with Gasteiger partial charge in [-0.25, -0.2) is 18.1 Å². The molecule has 0 bridgehead atoms. The largest absolute Gasteiger partial charge is 0.385 e. The fourth-order valence-corrected chi connectivity index (χ4v) is 4.02. The summed E-state index contributed by atoms with van der Waals surface area (Å²) < 4.78 is 31.5. The number of benzene rings is 1. The Kier molecular flexibility index (Phi) is 10.7. The molecule has 0 aromatic heterocycles. The molecule has 0 saturated heterocycles. The van der Waals surface area contributed by atoms with E-state index in [1.54, 1.807) is 25.3 Å². The van der Waals surface area contributed by atoms with Gasteiger partial charge in [0.25, 0.3) is 0 Å². The Labute approximate surface area is 186 Å². The first-order valence-electron chi connectivity index (χ1n) is 9.48. The minimum absolute atomic E-state index is 0. The second-order valence-electron chi connectivity index (χ2n) is 7.00. The van der Waals surface area contributed by atoms with Crippen molar-refractivity contribution in [2.24, 2.45) is 10.4 Å². The minimum Gasteiger partial charge on any atom is -0.385 e. The number of aliphatic imine (C=N–C) groups is 1. The van der Waals surface area contributed by atoms with E-state index < -0.39 is 10.0 Å². The van der Waals surface area contributed by atoms with Gasteiger partial charge in [0.15, 0.2) is 5.96 Å². The van der Waals surface area contributed by atoms with Crippen molar-refractivity contribution in [3.8, 4) is 0 Å². The van der Waals surface area contributed by atoms with Crippen LogP contribution in [-0.2, 0) is 21.3 Å². The van der Waals surface area contributed by atoms with Crippen LogP contribution in [0.25, 0.3) is 0 Å². The van der Waals surface area contributed by atoms with Crippen LogP contribution in [0.15, 0.2) is 34.2 Å². The fraction of sp³-hybridized carbons (Fsp3) is 0.632. The smallest absolute Gasteiger partial charge is 0.240 e. The average molecular weight is 524 g/mol. The molecule has 1 aliphatic carbocycles. The Balaban J connectivity index is 0.00000392. The molecule has 0 radical (unpaired) electrons. The first kappa shape index (κ1) is 25.1. The molecule has 28 heavy (non-hydrogen) atoms. The van der Waals surface area contributed by atoms with E-state index in [1.165, 1.54) is 26.3 Å². The molecule has 1 aromatic carbocycles. The summed E-state index contributed by atoms with van der Waals surface area (Å²) in [6.45, 7) is 4.86. The lowest BCUT2D eigenvalue weighted by atomic mass is 9.67. The van der Waals surface area contributed by atoms with Crippen LogP contribution in [0.4, 0.5) is 0 Å². The Morgan fingerprint density at radius 2 is 2.04 bits per heavy atom. The van der Waals surface area contributed by atoms with Crippen LogP contribution in [0.2, 0.25) is 0 Å². The number of nitrogens with zero attached hydrogens (tertiary/aromatic N) is 1. The van der Waals surface area contributed by atoms with E-state index >= 15 is 0 Å². The maximum atomic E-state index is 12.0. The van der Waals surface area contributed by atoms with Crippen LogP contribution in [0.1, 0.15) is 38.2 Å². The van der Waals surface area contributed by atoms with Gasteiger partial charge in [0, 0.05) is 26.8 Å². The molecule has 0 unspecified atom stereocenters. The maximum Gasteiger partial charge on any atom is 0.240 e. The van der Waals surface area contributed by atoms with Crippen molar-refractivity contribution in [1.82, 2.24) is 15.4 Å². The lowest BCUT2D eigenvalue weighted by Crippen LogP contribution is -2.46. The quantitative estimate of drug-likeness (QED) is 0.249. The van der Waals surface area contributed by atoms with Crippen molar-refractivity contribution >= 4 is 40.0 Å². The molecular weight excluding hydrogens is 491 g/mol. The standard InChI is InChI=1S/C19H32N4O3S.HI/c1-4-21-18(23-15-19(9-6-10-19)11-12-26-3)22-14-16-7-5-8-17(13-16)27(24,25)20-2;/h5,7-8,13,20H,4,6,9-12,14-15H2,1-3H3,(H2,21,22,23);1H. The van der Waals surface area contributed by atoms with Crippen molar-refractivity contribution in [2.75, 3.05) is 33.9 Å². The number of hydrogen-bond donors (Lipinski definition) is 3. The van der Waals surface area contributed by atoms with Crippen molar-refractivity contribution in [3.63, 3.8) is 0 Å². The highest BCUT2D eigenvalue weighted by molar-refractivity contribution is 14.0. The van der Waals surface area contributed by atoms with Crippen LogP contribution >= 0.6 is 24.0 Å². The number of guanidine groups is 1. The molecule has 0 atom stereocenters. The minimum atomic E-state index is -3.45. The summed E-state index contributed by atoms with van der Waals surface area (Å²) in [5.41, 5.74) is 1.15. The maximum absolute atomic E-state index is 12.0. The topological polar surface area (TPSA) is 91.8 Å². The van der Waals surface area contributed by atoms with Gasteiger partial charge in [-0.3, -0.25) is 0 Å². The third-order valence-corrected chi connectivity index (χ3v) is 6.54. The Morgan fingerprint density at radius 1 is 1.29 bits per heavy atom. The van der Waals surface area contributed by atoms with E-state index in [0.717, 1.165) is 37.6 Å². The number of sulfonamides is 1. The van der Waals surface area contributed by atoms with E-state index in [0.29, 0.717) is 12.0 Å². The molecule has 0 spiro atoms. The van der Waals surface area contributed by atoms with Crippen LogP contribution in [-0.4, -0.2) is 48.2 Å². The number of rotatable bonds is 10. The lowest BCUT2D eigenvalue weighted by molar-refractivity contribution is 0.0732. The van der Waals surface area contributed by atoms with Gasteiger partial charge in [0.05, 0.1) is 11.4 Å². The first-order valence-corrected chi connectivity index (χ1v) is 11.0. The molecule has 1 aromatic rings. The average Bonchev–Trinajstić information content (AvgIpc) is 2.65. The molecule has 0 heterocycles. The molecular formula is C19H33IN4O3S. The van der Waals surface area contributed by atoms with Crippen molar-refractivity contribution in [1.29, 1.82) is 0 Å². The Morgan fingerprint density at radius 3 is 2.61 bits per heavy atom. The van der Waals surface area contributed by atoms with E-state index in [-0.39, 0.29) is 28.9 Å². The summed E-state index contributed by atoms with van der Waals surface area (Å²) >= 11 is 0. The third kappa shape index (κ3) is 7.16. The van der Waals surface area contributed by atoms with Crippen LogP contribution in [0, 0.1) is 5.41 Å². The molecule has 2 rings (SSSR count). The van der Waals surface area contributed by atoms with Gasteiger partial charge in [0.2, 0.25) is 10.0 Å². The van der Waals surface area contributed by atoms with Gasteiger partial charge in [-0.05, 0) is 56.3 Å². The molecule has 9 heteroatoms. The Hall–Kier alpha value is -0.910. The zero-order chi connectivity index (χ0) is 19.8. The highest BCUT2D eigenvalue weighted by Gasteiger charge is 2.36. The fourth-order valence-electron chi connectivity index (χ4n) is 3.22. The van der Waals surface area contributed by atoms with Gasteiger partial charge < -0.3 is 15.4 Å². The van der Waals surface area contributed by atoms with Gasteiger partial charge in [-0.1, -0.05) is 18.6 Å². The zero-order valence-electron chi connectivity index (χ0n) is 17.0. The molecule has 1 aliphatic rings. The van der Waals surface area contributed by atoms with E-state index in [4.69, 9.17) is 4.74 Å². The molecule has 160 valence electrons.